The molecule has 0 unspecified atom stereocenters. The summed E-state index contributed by atoms with van der Waals surface area (Å²) < 4.78 is 24.9. The van der Waals surface area contributed by atoms with Gasteiger partial charge in [-0.25, -0.2) is 8.42 Å². The highest BCUT2D eigenvalue weighted by molar-refractivity contribution is 7.90. The number of sulfone groups is 1. The lowest BCUT2D eigenvalue weighted by Crippen LogP contribution is -2.37. The predicted molar refractivity (Wildman–Crippen MR) is 122 cm³/mol. The molecule has 7 nitrogen and oxygen atoms in total. The highest BCUT2D eigenvalue weighted by atomic mass is 32.2. The normalized spacial score (nSPS) is 15.7. The van der Waals surface area contributed by atoms with Crippen LogP contribution in [0.5, 0.6) is 0 Å². The SMILES string of the molecule is CS(=O)(=O)c1ccc(CN2CCCN(C(=O)Cn3ccc(-c4cccs4)n3)CC2)cc1. The van der Waals surface area contributed by atoms with E-state index in [2.05, 4.69) is 10.00 Å². The standard InChI is InChI=1S/C22H26N4O3S2/c1-31(28,29)19-7-5-18(6-8-19)16-24-10-3-11-25(14-13-24)22(27)17-26-12-9-20(23-26)21-4-2-15-30-21/h2,4-9,12,15H,3,10-11,13-14,16-17H2,1H3. The van der Waals surface area contributed by atoms with Crippen molar-refractivity contribution in [3.8, 4) is 10.6 Å². The molecule has 2 aromatic heterocycles. The molecule has 9 heteroatoms. The Balaban J connectivity index is 1.31. The molecule has 1 aromatic carbocycles. The smallest absolute Gasteiger partial charge is 0.244 e. The zero-order valence-electron chi connectivity index (χ0n) is 17.5. The van der Waals surface area contributed by atoms with Crippen molar-refractivity contribution in [2.45, 2.75) is 24.4 Å². The molecular weight excluding hydrogens is 432 g/mol. The van der Waals surface area contributed by atoms with Gasteiger partial charge in [0.15, 0.2) is 9.84 Å². The first-order valence-electron chi connectivity index (χ1n) is 10.2. The lowest BCUT2D eigenvalue weighted by molar-refractivity contribution is -0.131. The van der Waals surface area contributed by atoms with E-state index >= 15 is 0 Å². The molecule has 0 atom stereocenters. The van der Waals surface area contributed by atoms with Gasteiger partial charge in [-0.2, -0.15) is 5.10 Å². The summed E-state index contributed by atoms with van der Waals surface area (Å²) in [6.07, 6.45) is 3.98. The molecule has 0 N–H and O–H groups in total. The molecule has 3 aromatic rings. The zero-order chi connectivity index (χ0) is 21.8. The molecule has 0 saturated carbocycles. The van der Waals surface area contributed by atoms with Gasteiger partial charge in [-0.3, -0.25) is 14.4 Å². The van der Waals surface area contributed by atoms with E-state index in [0.717, 1.165) is 48.7 Å². The van der Waals surface area contributed by atoms with Gasteiger partial charge in [0.2, 0.25) is 5.91 Å². The Morgan fingerprint density at radius 1 is 1.06 bits per heavy atom. The molecule has 3 heterocycles. The molecule has 1 amide bonds. The molecule has 31 heavy (non-hydrogen) atoms. The lowest BCUT2D eigenvalue weighted by atomic mass is 10.2. The van der Waals surface area contributed by atoms with E-state index in [9.17, 15) is 13.2 Å². The van der Waals surface area contributed by atoms with E-state index in [-0.39, 0.29) is 12.5 Å². The van der Waals surface area contributed by atoms with E-state index in [0.29, 0.717) is 11.4 Å². The van der Waals surface area contributed by atoms with Crippen molar-refractivity contribution >= 4 is 27.1 Å². The maximum Gasteiger partial charge on any atom is 0.244 e. The van der Waals surface area contributed by atoms with Gasteiger partial charge in [0.1, 0.15) is 12.2 Å². The average Bonchev–Trinajstić information content (AvgIpc) is 3.37. The van der Waals surface area contributed by atoms with Crippen LogP contribution in [-0.4, -0.2) is 66.3 Å². The number of hydrogen-bond donors (Lipinski definition) is 0. The summed E-state index contributed by atoms with van der Waals surface area (Å²) >= 11 is 1.64. The highest BCUT2D eigenvalue weighted by Gasteiger charge is 2.20. The number of amides is 1. The summed E-state index contributed by atoms with van der Waals surface area (Å²) in [7, 11) is -3.18. The summed E-state index contributed by atoms with van der Waals surface area (Å²) in [5, 5.41) is 6.55. The number of carbonyl (C=O) groups excluding carboxylic acids is 1. The molecule has 4 rings (SSSR count). The Morgan fingerprint density at radius 3 is 2.58 bits per heavy atom. The fourth-order valence-electron chi connectivity index (χ4n) is 3.72. The van der Waals surface area contributed by atoms with Crippen LogP contribution in [0.15, 0.2) is 58.9 Å². The van der Waals surface area contributed by atoms with Crippen molar-refractivity contribution in [3.63, 3.8) is 0 Å². The van der Waals surface area contributed by atoms with Gasteiger partial charge < -0.3 is 4.90 Å². The van der Waals surface area contributed by atoms with Crippen molar-refractivity contribution in [2.75, 3.05) is 32.4 Å². The van der Waals surface area contributed by atoms with Gasteiger partial charge in [-0.1, -0.05) is 18.2 Å². The third-order valence-corrected chi connectivity index (χ3v) is 7.43. The van der Waals surface area contributed by atoms with Crippen LogP contribution in [0.2, 0.25) is 0 Å². The summed E-state index contributed by atoms with van der Waals surface area (Å²) in [6.45, 7) is 4.11. The highest BCUT2D eigenvalue weighted by Crippen LogP contribution is 2.22. The van der Waals surface area contributed by atoms with Gasteiger partial charge in [0, 0.05) is 45.2 Å². The van der Waals surface area contributed by atoms with E-state index < -0.39 is 9.84 Å². The molecule has 1 aliphatic rings. The van der Waals surface area contributed by atoms with E-state index in [1.807, 2.05) is 46.8 Å². The van der Waals surface area contributed by atoms with Crippen LogP contribution in [-0.2, 0) is 27.7 Å². The predicted octanol–water partition coefficient (Wildman–Crippen LogP) is 2.75. The van der Waals surface area contributed by atoms with E-state index in [1.54, 1.807) is 28.2 Å². The van der Waals surface area contributed by atoms with Gasteiger partial charge in [-0.15, -0.1) is 11.3 Å². The van der Waals surface area contributed by atoms with Crippen LogP contribution in [0.3, 0.4) is 0 Å². The number of thiophene rings is 1. The molecule has 0 radical (unpaired) electrons. The molecule has 0 bridgehead atoms. The van der Waals surface area contributed by atoms with Crippen molar-refractivity contribution in [2.24, 2.45) is 0 Å². The second kappa shape index (κ2) is 9.33. The molecule has 0 aliphatic carbocycles. The summed E-state index contributed by atoms with van der Waals surface area (Å²) in [5.74, 6) is 0.0835. The Morgan fingerprint density at radius 2 is 1.87 bits per heavy atom. The number of benzene rings is 1. The van der Waals surface area contributed by atoms with Crippen LogP contribution in [0.1, 0.15) is 12.0 Å². The molecule has 1 saturated heterocycles. The third kappa shape index (κ3) is 5.61. The first-order chi connectivity index (χ1) is 14.9. The molecule has 1 fully saturated rings. The minimum Gasteiger partial charge on any atom is -0.340 e. The number of carbonyl (C=O) groups is 1. The number of rotatable bonds is 6. The second-order valence-corrected chi connectivity index (χ2v) is 10.8. The molecule has 164 valence electrons. The number of aromatic nitrogens is 2. The molecule has 1 aliphatic heterocycles. The molecular formula is C22H26N4O3S2. The number of nitrogens with zero attached hydrogens (tertiary/aromatic N) is 4. The van der Waals surface area contributed by atoms with Crippen molar-refractivity contribution < 1.29 is 13.2 Å². The van der Waals surface area contributed by atoms with Gasteiger partial charge >= 0.3 is 0 Å². The van der Waals surface area contributed by atoms with Crippen LogP contribution < -0.4 is 0 Å². The maximum atomic E-state index is 12.8. The van der Waals surface area contributed by atoms with Gasteiger partial charge in [0.25, 0.3) is 0 Å². The monoisotopic (exact) mass is 458 g/mol. The molecule has 0 spiro atoms. The topological polar surface area (TPSA) is 75.5 Å². The fourth-order valence-corrected chi connectivity index (χ4v) is 5.04. The summed E-state index contributed by atoms with van der Waals surface area (Å²) in [5.41, 5.74) is 1.97. The zero-order valence-corrected chi connectivity index (χ0v) is 19.1. The van der Waals surface area contributed by atoms with Crippen LogP contribution in [0.25, 0.3) is 10.6 Å². The Bertz CT molecular complexity index is 1120. The minimum absolute atomic E-state index is 0.0835. The van der Waals surface area contributed by atoms with E-state index in [1.165, 1.54) is 6.26 Å². The van der Waals surface area contributed by atoms with Gasteiger partial charge in [0.05, 0.1) is 9.77 Å². The third-order valence-electron chi connectivity index (χ3n) is 5.41. The lowest BCUT2D eigenvalue weighted by Gasteiger charge is -2.22. The Labute approximate surface area is 186 Å². The van der Waals surface area contributed by atoms with Crippen molar-refractivity contribution in [1.29, 1.82) is 0 Å². The summed E-state index contributed by atoms with van der Waals surface area (Å²) in [6, 6.07) is 13.0. The minimum atomic E-state index is -3.18. The average molecular weight is 459 g/mol. The Kier molecular flexibility index (Phi) is 6.54. The Hall–Kier alpha value is -2.49. The summed E-state index contributed by atoms with van der Waals surface area (Å²) in [4.78, 5) is 18.5. The quantitative estimate of drug-likeness (QED) is 0.568. The van der Waals surface area contributed by atoms with E-state index in [4.69, 9.17) is 0 Å². The maximum absolute atomic E-state index is 12.8. The van der Waals surface area contributed by atoms with Crippen molar-refractivity contribution in [3.05, 3.63) is 59.6 Å². The fraction of sp³-hybridized carbons (Fsp3) is 0.364. The van der Waals surface area contributed by atoms with Gasteiger partial charge in [-0.05, 0) is 41.6 Å². The second-order valence-electron chi connectivity index (χ2n) is 7.80. The van der Waals surface area contributed by atoms with Crippen LogP contribution >= 0.6 is 11.3 Å². The first kappa shape index (κ1) is 21.7. The first-order valence-corrected chi connectivity index (χ1v) is 13.0. The largest absolute Gasteiger partial charge is 0.340 e. The van der Waals surface area contributed by atoms with Crippen LogP contribution in [0.4, 0.5) is 0 Å². The van der Waals surface area contributed by atoms with Crippen molar-refractivity contribution in [1.82, 2.24) is 19.6 Å². The van der Waals surface area contributed by atoms with Crippen LogP contribution in [0, 0.1) is 0 Å². The number of hydrogen-bond acceptors (Lipinski definition) is 6.